The third-order valence-corrected chi connectivity index (χ3v) is 3.26. The first kappa shape index (κ1) is 14.2. The second-order valence-corrected chi connectivity index (χ2v) is 6.26. The molecule has 0 aromatic carbocycles. The molecule has 0 saturated heterocycles. The van der Waals surface area contributed by atoms with E-state index in [9.17, 15) is 0 Å². The van der Waals surface area contributed by atoms with E-state index in [0.29, 0.717) is 12.0 Å². The minimum absolute atomic E-state index is 0.163. The summed E-state index contributed by atoms with van der Waals surface area (Å²) in [6.07, 6.45) is 1.97. The molecule has 1 heterocycles. The van der Waals surface area contributed by atoms with Crippen molar-refractivity contribution in [3.05, 3.63) is 17.7 Å². The minimum atomic E-state index is 0.163. The molecule has 0 amide bonds. The first-order valence-corrected chi connectivity index (χ1v) is 6.47. The maximum absolute atomic E-state index is 4.40. The van der Waals surface area contributed by atoms with Crippen LogP contribution in [-0.2, 0) is 0 Å². The Labute approximate surface area is 106 Å². The van der Waals surface area contributed by atoms with Gasteiger partial charge in [-0.2, -0.15) is 0 Å². The number of hydrogen-bond acceptors (Lipinski definition) is 2. The summed E-state index contributed by atoms with van der Waals surface area (Å²) in [4.78, 5) is 4.40. The van der Waals surface area contributed by atoms with Crippen LogP contribution in [0.4, 0.5) is 0 Å². The molecule has 0 bridgehead atoms. The quantitative estimate of drug-likeness (QED) is 0.872. The molecule has 1 aromatic rings. The smallest absolute Gasteiger partial charge is 0.0954 e. The Morgan fingerprint density at radius 2 is 1.88 bits per heavy atom. The Morgan fingerprint density at radius 1 is 1.29 bits per heavy atom. The number of imidazole rings is 1. The van der Waals surface area contributed by atoms with Gasteiger partial charge in [0.15, 0.2) is 0 Å². The Kier molecular flexibility index (Phi) is 4.36. The summed E-state index contributed by atoms with van der Waals surface area (Å²) in [6, 6.07) is 0.468. The predicted octanol–water partition coefficient (Wildman–Crippen LogP) is 3.09. The fraction of sp³-hybridized carbons (Fsp3) is 0.786. The van der Waals surface area contributed by atoms with Crippen molar-refractivity contribution in [2.24, 2.45) is 5.92 Å². The number of nitrogens with zero attached hydrogens (tertiary/aromatic N) is 2. The highest BCUT2D eigenvalue weighted by molar-refractivity contribution is 5.10. The molecular formula is C14H27N3. The lowest BCUT2D eigenvalue weighted by atomic mass is 10.0. The lowest BCUT2D eigenvalue weighted by molar-refractivity contribution is 0.308. The maximum atomic E-state index is 4.40. The molecular weight excluding hydrogens is 210 g/mol. The Morgan fingerprint density at radius 3 is 2.24 bits per heavy atom. The van der Waals surface area contributed by atoms with Gasteiger partial charge in [0.2, 0.25) is 0 Å². The van der Waals surface area contributed by atoms with Crippen molar-refractivity contribution in [2.45, 2.75) is 60.0 Å². The highest BCUT2D eigenvalue weighted by atomic mass is 15.1. The van der Waals surface area contributed by atoms with Crippen LogP contribution in [0.15, 0.2) is 6.33 Å². The molecule has 0 fully saturated rings. The molecule has 1 atom stereocenters. The predicted molar refractivity (Wildman–Crippen MR) is 73.3 cm³/mol. The maximum Gasteiger partial charge on any atom is 0.0954 e. The van der Waals surface area contributed by atoms with Crippen molar-refractivity contribution in [1.29, 1.82) is 0 Å². The van der Waals surface area contributed by atoms with E-state index in [1.807, 2.05) is 6.33 Å². The van der Waals surface area contributed by atoms with Gasteiger partial charge in [-0.05, 0) is 40.5 Å². The van der Waals surface area contributed by atoms with E-state index in [4.69, 9.17) is 0 Å². The number of rotatable bonds is 4. The SMILES string of the molecule is Cc1ncn(C(CNC(C)(C)C)C(C)C)c1C. The van der Waals surface area contributed by atoms with Gasteiger partial charge >= 0.3 is 0 Å². The Hall–Kier alpha value is -0.830. The van der Waals surface area contributed by atoms with Gasteiger partial charge in [0, 0.05) is 23.8 Å². The minimum Gasteiger partial charge on any atom is -0.330 e. The van der Waals surface area contributed by atoms with Crippen LogP contribution >= 0.6 is 0 Å². The lowest BCUT2D eigenvalue weighted by Gasteiger charge is -2.29. The van der Waals surface area contributed by atoms with Crippen molar-refractivity contribution in [2.75, 3.05) is 6.54 Å². The molecule has 3 nitrogen and oxygen atoms in total. The van der Waals surface area contributed by atoms with Crippen molar-refractivity contribution >= 4 is 0 Å². The number of aryl methyl sites for hydroxylation is 1. The van der Waals surface area contributed by atoms with Gasteiger partial charge in [-0.3, -0.25) is 0 Å². The summed E-state index contributed by atoms with van der Waals surface area (Å²) in [5.74, 6) is 0.595. The standard InChI is InChI=1S/C14H27N3/c1-10(2)13(8-16-14(5,6)7)17-9-15-11(3)12(17)4/h9-10,13,16H,8H2,1-7H3. The highest BCUT2D eigenvalue weighted by Gasteiger charge is 2.20. The van der Waals surface area contributed by atoms with Crippen LogP contribution < -0.4 is 5.32 Å². The summed E-state index contributed by atoms with van der Waals surface area (Å²) in [5, 5.41) is 3.59. The summed E-state index contributed by atoms with van der Waals surface area (Å²) in [5.41, 5.74) is 2.57. The average Bonchev–Trinajstić information content (AvgIpc) is 2.47. The normalized spacial score (nSPS) is 14.4. The van der Waals surface area contributed by atoms with Gasteiger partial charge in [0.05, 0.1) is 12.0 Å². The monoisotopic (exact) mass is 237 g/mol. The largest absolute Gasteiger partial charge is 0.330 e. The topological polar surface area (TPSA) is 29.9 Å². The van der Waals surface area contributed by atoms with Crippen LogP contribution in [0.2, 0.25) is 0 Å². The van der Waals surface area contributed by atoms with Crippen molar-refractivity contribution < 1.29 is 0 Å². The molecule has 0 aliphatic heterocycles. The molecule has 0 aliphatic rings. The molecule has 1 aromatic heterocycles. The molecule has 1 unspecified atom stereocenters. The van der Waals surface area contributed by atoms with Crippen LogP contribution in [0.1, 0.15) is 52.0 Å². The van der Waals surface area contributed by atoms with E-state index in [-0.39, 0.29) is 5.54 Å². The van der Waals surface area contributed by atoms with E-state index < -0.39 is 0 Å². The third kappa shape index (κ3) is 3.84. The summed E-state index contributed by atoms with van der Waals surface area (Å²) in [6.45, 7) is 16.4. The molecule has 0 aliphatic carbocycles. The molecule has 1 rings (SSSR count). The van der Waals surface area contributed by atoms with Crippen LogP contribution in [0.25, 0.3) is 0 Å². The summed E-state index contributed by atoms with van der Waals surface area (Å²) < 4.78 is 2.30. The summed E-state index contributed by atoms with van der Waals surface area (Å²) in [7, 11) is 0. The van der Waals surface area contributed by atoms with Crippen LogP contribution in [-0.4, -0.2) is 21.6 Å². The zero-order valence-electron chi connectivity index (χ0n) is 12.3. The van der Waals surface area contributed by atoms with Crippen LogP contribution in [0.3, 0.4) is 0 Å². The van der Waals surface area contributed by atoms with E-state index in [1.165, 1.54) is 5.69 Å². The van der Waals surface area contributed by atoms with E-state index >= 15 is 0 Å². The number of aromatic nitrogens is 2. The highest BCUT2D eigenvalue weighted by Crippen LogP contribution is 2.21. The van der Waals surface area contributed by atoms with Gasteiger partial charge in [-0.25, -0.2) is 4.98 Å². The van der Waals surface area contributed by atoms with E-state index in [2.05, 4.69) is 63.3 Å². The average molecular weight is 237 g/mol. The fourth-order valence-corrected chi connectivity index (χ4v) is 1.92. The van der Waals surface area contributed by atoms with Gasteiger partial charge in [-0.15, -0.1) is 0 Å². The van der Waals surface area contributed by atoms with Gasteiger partial charge < -0.3 is 9.88 Å². The van der Waals surface area contributed by atoms with Gasteiger partial charge in [-0.1, -0.05) is 13.8 Å². The van der Waals surface area contributed by atoms with Crippen molar-refractivity contribution in [3.8, 4) is 0 Å². The van der Waals surface area contributed by atoms with E-state index in [0.717, 1.165) is 12.2 Å². The molecule has 1 N–H and O–H groups in total. The number of hydrogen-bond donors (Lipinski definition) is 1. The first-order valence-electron chi connectivity index (χ1n) is 6.47. The zero-order valence-corrected chi connectivity index (χ0v) is 12.3. The van der Waals surface area contributed by atoms with Crippen LogP contribution in [0.5, 0.6) is 0 Å². The molecule has 3 heteroatoms. The Bertz CT molecular complexity index is 358. The fourth-order valence-electron chi connectivity index (χ4n) is 1.92. The second kappa shape index (κ2) is 5.21. The van der Waals surface area contributed by atoms with Crippen molar-refractivity contribution in [3.63, 3.8) is 0 Å². The van der Waals surface area contributed by atoms with E-state index in [1.54, 1.807) is 0 Å². The molecule has 0 saturated carbocycles. The third-order valence-electron chi connectivity index (χ3n) is 3.26. The molecule has 0 spiro atoms. The van der Waals surface area contributed by atoms with Gasteiger partial charge in [0.1, 0.15) is 0 Å². The van der Waals surface area contributed by atoms with Crippen LogP contribution in [0, 0.1) is 19.8 Å². The second-order valence-electron chi connectivity index (χ2n) is 6.26. The molecule has 17 heavy (non-hydrogen) atoms. The van der Waals surface area contributed by atoms with Gasteiger partial charge in [0.25, 0.3) is 0 Å². The first-order chi connectivity index (χ1) is 7.72. The molecule has 0 radical (unpaired) electrons. The zero-order chi connectivity index (χ0) is 13.2. The number of nitrogens with one attached hydrogen (secondary N) is 1. The lowest BCUT2D eigenvalue weighted by Crippen LogP contribution is -2.41. The van der Waals surface area contributed by atoms with Crippen molar-refractivity contribution in [1.82, 2.24) is 14.9 Å². The Balaban J connectivity index is 2.83. The molecule has 98 valence electrons. The summed E-state index contributed by atoms with van der Waals surface area (Å²) >= 11 is 0.